The van der Waals surface area contributed by atoms with E-state index in [0.717, 1.165) is 11.3 Å². The molecule has 6 nitrogen and oxygen atoms in total. The maximum Gasteiger partial charge on any atom is 0.317 e. The third kappa shape index (κ3) is 4.10. The van der Waals surface area contributed by atoms with Gasteiger partial charge in [0.1, 0.15) is 0 Å². The lowest BCUT2D eigenvalue weighted by atomic mass is 9.90. The molecule has 1 N–H and O–H groups in total. The monoisotopic (exact) mass is 372 g/mol. The summed E-state index contributed by atoms with van der Waals surface area (Å²) in [7, 11) is -1.23. The summed E-state index contributed by atoms with van der Waals surface area (Å²) in [6.45, 7) is 3.12. The van der Waals surface area contributed by atoms with Crippen LogP contribution in [0.25, 0.3) is 0 Å². The molecule has 2 aliphatic rings. The maximum absolute atomic E-state index is 12.4. The Bertz CT molecular complexity index is 715. The molecular weight excluding hydrogens is 348 g/mol. The van der Waals surface area contributed by atoms with E-state index in [0.29, 0.717) is 26.0 Å². The van der Waals surface area contributed by atoms with Crippen LogP contribution in [0.15, 0.2) is 12.1 Å². The Morgan fingerprint density at radius 1 is 1.50 bits per heavy atom. The van der Waals surface area contributed by atoms with Gasteiger partial charge < -0.3 is 15.0 Å². The van der Waals surface area contributed by atoms with Gasteiger partial charge in [0.2, 0.25) is 0 Å². The summed E-state index contributed by atoms with van der Waals surface area (Å²) >= 11 is 1.69. The summed E-state index contributed by atoms with van der Waals surface area (Å²) < 4.78 is 29.3. The lowest BCUT2D eigenvalue weighted by Crippen LogP contribution is -2.51. The van der Waals surface area contributed by atoms with E-state index < -0.39 is 15.4 Å². The van der Waals surface area contributed by atoms with Crippen molar-refractivity contribution in [3.63, 3.8) is 0 Å². The fourth-order valence-electron chi connectivity index (χ4n) is 3.47. The smallest absolute Gasteiger partial charge is 0.317 e. The molecule has 24 heavy (non-hydrogen) atoms. The minimum Gasteiger partial charge on any atom is -0.374 e. The Kier molecular flexibility index (Phi) is 4.90. The Morgan fingerprint density at radius 2 is 2.29 bits per heavy atom. The molecule has 2 aliphatic heterocycles. The molecule has 2 atom stereocenters. The van der Waals surface area contributed by atoms with Crippen LogP contribution in [0.4, 0.5) is 4.79 Å². The molecule has 1 aromatic rings. The molecular formula is C16H24N2O4S2. The minimum atomic E-state index is -3.01. The molecule has 134 valence electrons. The Labute approximate surface area is 147 Å². The number of carbonyl (C=O) groups is 1. The quantitative estimate of drug-likeness (QED) is 0.880. The van der Waals surface area contributed by atoms with Crippen molar-refractivity contribution in [1.29, 1.82) is 0 Å². The van der Waals surface area contributed by atoms with Crippen LogP contribution in [0.5, 0.6) is 0 Å². The number of thiophene rings is 1. The van der Waals surface area contributed by atoms with Gasteiger partial charge in [-0.25, -0.2) is 13.2 Å². The molecule has 2 saturated heterocycles. The second kappa shape index (κ2) is 6.65. The number of nitrogens with one attached hydrogen (secondary N) is 1. The van der Waals surface area contributed by atoms with Crippen molar-refractivity contribution in [1.82, 2.24) is 10.2 Å². The summed E-state index contributed by atoms with van der Waals surface area (Å²) in [6, 6.07) is 3.93. The van der Waals surface area contributed by atoms with Crippen LogP contribution in [0.1, 0.15) is 29.0 Å². The highest BCUT2D eigenvalue weighted by molar-refractivity contribution is 7.91. The molecule has 8 heteroatoms. The van der Waals surface area contributed by atoms with E-state index in [1.807, 2.05) is 13.0 Å². The Balaban J connectivity index is 1.56. The molecule has 1 spiro atoms. The van der Waals surface area contributed by atoms with E-state index in [9.17, 15) is 13.2 Å². The zero-order chi connectivity index (χ0) is 17.4. The van der Waals surface area contributed by atoms with Gasteiger partial charge in [0, 0.05) is 29.5 Å². The van der Waals surface area contributed by atoms with Gasteiger partial charge in [0.15, 0.2) is 9.84 Å². The first kappa shape index (κ1) is 17.7. The first-order chi connectivity index (χ1) is 11.3. The fraction of sp³-hybridized carbons (Fsp3) is 0.688. The number of hydrogen-bond acceptors (Lipinski definition) is 5. The first-order valence-electron chi connectivity index (χ1n) is 8.18. The lowest BCUT2D eigenvalue weighted by molar-refractivity contribution is -0.0690. The van der Waals surface area contributed by atoms with Crippen molar-refractivity contribution in [3.8, 4) is 0 Å². The minimum absolute atomic E-state index is 0.0351. The predicted octanol–water partition coefficient (Wildman–Crippen LogP) is 1.93. The van der Waals surface area contributed by atoms with Crippen LogP contribution in [0, 0.1) is 6.92 Å². The van der Waals surface area contributed by atoms with E-state index in [-0.39, 0.29) is 23.6 Å². The molecule has 0 saturated carbocycles. The van der Waals surface area contributed by atoms with Crippen molar-refractivity contribution >= 4 is 27.2 Å². The summed E-state index contributed by atoms with van der Waals surface area (Å²) in [5.41, 5.74) is -0.599. The third-order valence-corrected chi connectivity index (χ3v) is 7.49. The summed E-state index contributed by atoms with van der Waals surface area (Å²) in [4.78, 5) is 16.5. The molecule has 0 aromatic carbocycles. The maximum atomic E-state index is 12.4. The Morgan fingerprint density at radius 3 is 2.92 bits per heavy atom. The number of aryl methyl sites for hydroxylation is 1. The average molecular weight is 373 g/mol. The highest BCUT2D eigenvalue weighted by Crippen LogP contribution is 2.35. The van der Waals surface area contributed by atoms with Gasteiger partial charge in [-0.1, -0.05) is 0 Å². The molecule has 0 aliphatic carbocycles. The number of ether oxygens (including phenoxy) is 1. The number of sulfone groups is 1. The van der Waals surface area contributed by atoms with Crippen molar-refractivity contribution < 1.29 is 17.9 Å². The Hall–Kier alpha value is -1.12. The summed E-state index contributed by atoms with van der Waals surface area (Å²) in [5.74, 6) is 0.266. The number of nitrogens with zero attached hydrogens (tertiary/aromatic N) is 1. The van der Waals surface area contributed by atoms with Crippen molar-refractivity contribution in [2.45, 2.75) is 44.4 Å². The molecule has 0 radical (unpaired) electrons. The normalized spacial score (nSPS) is 28.8. The summed E-state index contributed by atoms with van der Waals surface area (Å²) in [6.07, 6.45) is 1.83. The van der Waals surface area contributed by atoms with E-state index in [1.165, 1.54) is 4.88 Å². The molecule has 3 rings (SSSR count). The van der Waals surface area contributed by atoms with Crippen molar-refractivity contribution in [2.24, 2.45) is 0 Å². The van der Waals surface area contributed by atoms with E-state index >= 15 is 0 Å². The van der Waals surface area contributed by atoms with Crippen molar-refractivity contribution in [3.05, 3.63) is 21.9 Å². The zero-order valence-electron chi connectivity index (χ0n) is 14.1. The molecule has 2 unspecified atom stereocenters. The van der Waals surface area contributed by atoms with Crippen LogP contribution in [0.3, 0.4) is 0 Å². The number of rotatable bonds is 3. The molecule has 1 aromatic heterocycles. The van der Waals surface area contributed by atoms with Crippen molar-refractivity contribution in [2.75, 3.05) is 25.2 Å². The van der Waals surface area contributed by atoms with Gasteiger partial charge in [-0.2, -0.15) is 0 Å². The third-order valence-electron chi connectivity index (χ3n) is 4.71. The predicted molar refractivity (Wildman–Crippen MR) is 94.0 cm³/mol. The van der Waals surface area contributed by atoms with Gasteiger partial charge in [0.05, 0.1) is 23.7 Å². The standard InChI is InChI=1S/C16H24N2O4S2/c1-12-3-4-14(23-12)10-18(2)15(19)17-13-5-7-22-16(9-13)6-8-24(20,21)11-16/h3-4,13H,5-11H2,1-2H3,(H,17,19). The van der Waals surface area contributed by atoms with Gasteiger partial charge in [-0.05, 0) is 38.3 Å². The number of hydrogen-bond donors (Lipinski definition) is 1. The summed E-state index contributed by atoms with van der Waals surface area (Å²) in [5, 5.41) is 3.04. The van der Waals surface area contributed by atoms with Crippen LogP contribution >= 0.6 is 11.3 Å². The van der Waals surface area contributed by atoms with Crippen LogP contribution < -0.4 is 5.32 Å². The molecule has 2 amide bonds. The van der Waals surface area contributed by atoms with Crippen LogP contribution in [0.2, 0.25) is 0 Å². The number of carbonyl (C=O) groups excluding carboxylic acids is 1. The first-order valence-corrected chi connectivity index (χ1v) is 10.8. The molecule has 0 bridgehead atoms. The molecule has 2 fully saturated rings. The van der Waals surface area contributed by atoms with Crippen LogP contribution in [-0.2, 0) is 21.1 Å². The van der Waals surface area contributed by atoms with E-state index in [2.05, 4.69) is 11.4 Å². The fourth-order valence-corrected chi connectivity index (χ4v) is 6.39. The van der Waals surface area contributed by atoms with E-state index in [4.69, 9.17) is 4.74 Å². The van der Waals surface area contributed by atoms with Gasteiger partial charge in [0.25, 0.3) is 0 Å². The highest BCUT2D eigenvalue weighted by Gasteiger charge is 2.46. The number of urea groups is 1. The second-order valence-electron chi connectivity index (χ2n) is 6.88. The van der Waals surface area contributed by atoms with Gasteiger partial charge >= 0.3 is 6.03 Å². The molecule has 3 heterocycles. The van der Waals surface area contributed by atoms with E-state index in [1.54, 1.807) is 23.3 Å². The van der Waals surface area contributed by atoms with Gasteiger partial charge in [-0.3, -0.25) is 0 Å². The highest BCUT2D eigenvalue weighted by atomic mass is 32.2. The SMILES string of the molecule is Cc1ccc(CN(C)C(=O)NC2CCOC3(CCS(=O)(=O)C3)C2)s1. The topological polar surface area (TPSA) is 75.7 Å². The lowest BCUT2D eigenvalue weighted by Gasteiger charge is -2.38. The van der Waals surface area contributed by atoms with Crippen LogP contribution in [-0.4, -0.2) is 56.2 Å². The number of amides is 2. The largest absolute Gasteiger partial charge is 0.374 e. The average Bonchev–Trinajstić information content (AvgIpc) is 3.02. The second-order valence-corrected chi connectivity index (χ2v) is 10.4. The van der Waals surface area contributed by atoms with Gasteiger partial charge in [-0.15, -0.1) is 11.3 Å². The zero-order valence-corrected chi connectivity index (χ0v) is 15.7.